The van der Waals surface area contributed by atoms with Crippen LogP contribution in [0, 0.1) is 59.2 Å². The molecule has 6 aliphatic carbocycles. The molecule has 0 aromatic carbocycles. The van der Waals surface area contributed by atoms with Crippen LogP contribution >= 0.6 is 0 Å². The Morgan fingerprint density at radius 1 is 0.439 bits per heavy atom. The van der Waals surface area contributed by atoms with E-state index in [1.54, 1.807) is 51.4 Å². The van der Waals surface area contributed by atoms with Crippen molar-refractivity contribution in [2.75, 3.05) is 28.2 Å². The Kier molecular flexibility index (Phi) is 9.49. The van der Waals surface area contributed by atoms with Gasteiger partial charge >= 0.3 is 0 Å². The van der Waals surface area contributed by atoms with E-state index in [4.69, 9.17) is 0 Å². The highest BCUT2D eigenvalue weighted by Gasteiger charge is 2.60. The van der Waals surface area contributed by atoms with Crippen molar-refractivity contribution >= 4 is 8.07 Å². The van der Waals surface area contributed by atoms with Crippen molar-refractivity contribution in [2.24, 2.45) is 59.2 Å². The van der Waals surface area contributed by atoms with E-state index < -0.39 is 8.07 Å². The number of hydrogen-bond acceptors (Lipinski definition) is 2. The van der Waals surface area contributed by atoms with Gasteiger partial charge in [0.15, 0.2) is 0 Å². The molecule has 0 aromatic rings. The summed E-state index contributed by atoms with van der Waals surface area (Å²) in [6.45, 7) is 11.4. The lowest BCUT2D eigenvalue weighted by atomic mass is 9.64. The Morgan fingerprint density at radius 2 is 0.780 bits per heavy atom. The number of fused-ring (bicyclic) bond motifs is 2. The minimum Gasteiger partial charge on any atom is -0.306 e. The van der Waals surface area contributed by atoms with Crippen molar-refractivity contribution in [3.05, 3.63) is 0 Å². The lowest BCUT2D eigenvalue weighted by Crippen LogP contribution is -2.48. The summed E-state index contributed by atoms with van der Waals surface area (Å²) < 4.78 is 0. The zero-order valence-corrected chi connectivity index (χ0v) is 29.8. The topological polar surface area (TPSA) is 6.48 Å². The third-order valence-electron chi connectivity index (χ3n) is 15.7. The van der Waals surface area contributed by atoms with Crippen LogP contribution in [0.3, 0.4) is 0 Å². The van der Waals surface area contributed by atoms with Gasteiger partial charge in [-0.25, -0.2) is 0 Å². The SMILES string of the molecule is CC1CC2C(C3CCC(N(C)C)CC3)CCCC2C1[Si](C)(C)C1C(C)CC2C(C3CCC(N(C)C)CC3)CCCC21. The van der Waals surface area contributed by atoms with Gasteiger partial charge in [0.05, 0.1) is 8.07 Å². The van der Waals surface area contributed by atoms with Crippen LogP contribution in [0.15, 0.2) is 0 Å². The molecule has 10 atom stereocenters. The molecule has 41 heavy (non-hydrogen) atoms. The maximum Gasteiger partial charge on any atom is 0.0546 e. The molecule has 0 spiro atoms. The fraction of sp³-hybridized carbons (Fsp3) is 1.00. The fourth-order valence-corrected chi connectivity index (χ4v) is 21.0. The second-order valence-electron chi connectivity index (χ2n) is 18.2. The first-order chi connectivity index (χ1) is 19.6. The molecule has 0 aliphatic heterocycles. The monoisotopic (exact) mass is 583 g/mol. The van der Waals surface area contributed by atoms with Crippen LogP contribution in [0.5, 0.6) is 0 Å². The van der Waals surface area contributed by atoms with Crippen LogP contribution in [0.25, 0.3) is 0 Å². The molecule has 0 amide bonds. The van der Waals surface area contributed by atoms with Crippen LogP contribution in [0.4, 0.5) is 0 Å². The molecule has 6 aliphatic rings. The van der Waals surface area contributed by atoms with E-state index in [0.29, 0.717) is 0 Å². The maximum atomic E-state index is 2.96. The third-order valence-corrected chi connectivity index (χ3v) is 21.1. The molecule has 6 saturated carbocycles. The fourth-order valence-electron chi connectivity index (χ4n) is 14.3. The van der Waals surface area contributed by atoms with Gasteiger partial charge in [0, 0.05) is 12.1 Å². The van der Waals surface area contributed by atoms with Crippen molar-refractivity contribution in [1.82, 2.24) is 9.80 Å². The summed E-state index contributed by atoms with van der Waals surface area (Å²) in [6.07, 6.45) is 24.6. The summed E-state index contributed by atoms with van der Waals surface area (Å²) in [5.41, 5.74) is 2.21. The Labute approximate surface area is 257 Å². The zero-order chi connectivity index (χ0) is 29.1. The van der Waals surface area contributed by atoms with Gasteiger partial charge in [0.1, 0.15) is 0 Å². The molecule has 0 aromatic heterocycles. The van der Waals surface area contributed by atoms with Crippen LogP contribution < -0.4 is 0 Å². The van der Waals surface area contributed by atoms with Crippen LogP contribution in [0.1, 0.15) is 117 Å². The molecular weight excluding hydrogens is 513 g/mol. The van der Waals surface area contributed by atoms with Crippen LogP contribution in [-0.2, 0) is 0 Å². The van der Waals surface area contributed by atoms with Crippen molar-refractivity contribution in [1.29, 1.82) is 0 Å². The van der Waals surface area contributed by atoms with E-state index in [1.165, 1.54) is 51.4 Å². The van der Waals surface area contributed by atoms with Gasteiger partial charge in [-0.3, -0.25) is 0 Å². The molecule has 10 unspecified atom stereocenters. The quantitative estimate of drug-likeness (QED) is 0.288. The highest BCUT2D eigenvalue weighted by molar-refractivity contribution is 6.80. The second kappa shape index (κ2) is 12.5. The maximum absolute atomic E-state index is 2.96. The highest BCUT2D eigenvalue weighted by atomic mass is 28.3. The van der Waals surface area contributed by atoms with Gasteiger partial charge < -0.3 is 9.80 Å². The van der Waals surface area contributed by atoms with Gasteiger partial charge in [-0.1, -0.05) is 52.6 Å². The minimum absolute atomic E-state index is 0.853. The predicted octanol–water partition coefficient (Wildman–Crippen LogP) is 9.82. The summed E-state index contributed by atoms with van der Waals surface area (Å²) in [5.74, 6) is 10.6. The zero-order valence-electron chi connectivity index (χ0n) is 28.8. The Morgan fingerprint density at radius 3 is 1.12 bits per heavy atom. The standard InChI is InChI=1S/C38H70N2Si/c1-25-23-35-31(27-15-19-29(20-16-27)39(3)4)11-9-13-33(35)37(25)41(7,8)38-26(2)24-36-32(12-10-14-34(36)38)28-17-21-30(22-18-28)40(5)6/h25-38H,9-24H2,1-8H3. The molecule has 3 heteroatoms. The number of rotatable bonds is 6. The Hall–Kier alpha value is 0.137. The van der Waals surface area contributed by atoms with E-state index in [1.807, 2.05) is 0 Å². The molecule has 0 radical (unpaired) electrons. The van der Waals surface area contributed by atoms with E-state index in [-0.39, 0.29) is 0 Å². The smallest absolute Gasteiger partial charge is 0.0546 e. The van der Waals surface area contributed by atoms with Crippen molar-refractivity contribution < 1.29 is 0 Å². The van der Waals surface area contributed by atoms with Gasteiger partial charge in [-0.05, 0) is 176 Å². The Bertz CT molecular complexity index is 784. The van der Waals surface area contributed by atoms with E-state index >= 15 is 0 Å². The summed E-state index contributed by atoms with van der Waals surface area (Å²) in [4.78, 5) is 5.03. The molecular formula is C38H70N2Si. The van der Waals surface area contributed by atoms with Crippen molar-refractivity contribution in [3.8, 4) is 0 Å². The summed E-state index contributed by atoms with van der Waals surface area (Å²) in [5, 5.41) is 0. The van der Waals surface area contributed by atoms with Crippen molar-refractivity contribution in [3.63, 3.8) is 0 Å². The molecule has 0 N–H and O–H groups in total. The van der Waals surface area contributed by atoms with Crippen LogP contribution in [-0.4, -0.2) is 58.1 Å². The summed E-state index contributed by atoms with van der Waals surface area (Å²) >= 11 is 0. The molecule has 0 saturated heterocycles. The third kappa shape index (κ3) is 5.82. The van der Waals surface area contributed by atoms with Crippen molar-refractivity contribution in [2.45, 2.75) is 153 Å². The minimum atomic E-state index is -1.40. The number of hydrogen-bond donors (Lipinski definition) is 0. The molecule has 6 rings (SSSR count). The molecule has 0 heterocycles. The first kappa shape index (κ1) is 31.1. The average Bonchev–Trinajstić information content (AvgIpc) is 3.49. The normalized spacial score (nSPS) is 49.3. The van der Waals surface area contributed by atoms with E-state index in [2.05, 4.69) is 64.9 Å². The summed E-state index contributed by atoms with van der Waals surface area (Å²) in [7, 11) is 7.86. The lowest BCUT2D eigenvalue weighted by molar-refractivity contribution is 0.0752. The predicted molar refractivity (Wildman–Crippen MR) is 180 cm³/mol. The first-order valence-electron chi connectivity index (χ1n) is 18.9. The van der Waals surface area contributed by atoms with E-state index in [9.17, 15) is 0 Å². The molecule has 6 fully saturated rings. The van der Waals surface area contributed by atoms with Crippen LogP contribution in [0.2, 0.25) is 24.2 Å². The molecule has 0 bridgehead atoms. The molecule has 2 nitrogen and oxygen atoms in total. The Balaban J connectivity index is 1.16. The molecule has 236 valence electrons. The lowest BCUT2D eigenvalue weighted by Gasteiger charge is -2.50. The van der Waals surface area contributed by atoms with E-state index in [0.717, 1.165) is 82.3 Å². The highest BCUT2D eigenvalue weighted by Crippen LogP contribution is 2.67. The van der Waals surface area contributed by atoms with Gasteiger partial charge in [-0.2, -0.15) is 0 Å². The second-order valence-corrected chi connectivity index (χ2v) is 23.2. The van der Waals surface area contributed by atoms with Gasteiger partial charge in [0.25, 0.3) is 0 Å². The largest absolute Gasteiger partial charge is 0.306 e. The van der Waals surface area contributed by atoms with Gasteiger partial charge in [-0.15, -0.1) is 0 Å². The summed E-state index contributed by atoms with van der Waals surface area (Å²) in [6, 6.07) is 1.71. The first-order valence-corrected chi connectivity index (χ1v) is 22.1. The average molecular weight is 583 g/mol. The number of nitrogens with zero attached hydrogens (tertiary/aromatic N) is 2. The van der Waals surface area contributed by atoms with Gasteiger partial charge in [0.2, 0.25) is 0 Å².